The molecule has 23 heavy (non-hydrogen) atoms. The second-order valence-corrected chi connectivity index (χ2v) is 7.73. The SMILES string of the molecule is CSCCC(=O)NCCNc1ccc(S(C)(=O)=O)cc1[N+](=O)[O-]. The van der Waals surface area contributed by atoms with Crippen molar-refractivity contribution >= 4 is 38.9 Å². The van der Waals surface area contributed by atoms with E-state index in [-0.39, 0.29) is 22.2 Å². The lowest BCUT2D eigenvalue weighted by Gasteiger charge is -2.09. The Morgan fingerprint density at radius 3 is 2.61 bits per heavy atom. The van der Waals surface area contributed by atoms with Gasteiger partial charge in [0.05, 0.1) is 9.82 Å². The van der Waals surface area contributed by atoms with E-state index in [0.29, 0.717) is 19.5 Å². The quantitative estimate of drug-likeness (QED) is 0.386. The first-order valence-electron chi connectivity index (χ1n) is 6.73. The number of hydrogen-bond acceptors (Lipinski definition) is 7. The highest BCUT2D eigenvalue weighted by molar-refractivity contribution is 7.98. The second-order valence-electron chi connectivity index (χ2n) is 4.73. The Kier molecular flexibility index (Phi) is 7.30. The predicted octanol–water partition coefficient (Wildman–Crippen LogP) is 1.28. The molecule has 10 heteroatoms. The first kappa shape index (κ1) is 19.2. The summed E-state index contributed by atoms with van der Waals surface area (Å²) in [6, 6.07) is 3.68. The largest absolute Gasteiger partial charge is 0.378 e. The molecule has 1 aromatic carbocycles. The van der Waals surface area contributed by atoms with Gasteiger partial charge in [-0.2, -0.15) is 11.8 Å². The number of thioether (sulfide) groups is 1. The van der Waals surface area contributed by atoms with Gasteiger partial charge in [-0.1, -0.05) is 0 Å². The molecule has 128 valence electrons. The molecule has 0 atom stereocenters. The summed E-state index contributed by atoms with van der Waals surface area (Å²) < 4.78 is 22.9. The van der Waals surface area contributed by atoms with Gasteiger partial charge in [0.1, 0.15) is 5.69 Å². The molecule has 2 N–H and O–H groups in total. The van der Waals surface area contributed by atoms with Crippen molar-refractivity contribution in [3.05, 3.63) is 28.3 Å². The normalized spacial score (nSPS) is 11.0. The van der Waals surface area contributed by atoms with Crippen LogP contribution in [0.25, 0.3) is 0 Å². The molecular formula is C13H19N3O5S2. The second kappa shape index (κ2) is 8.73. The van der Waals surface area contributed by atoms with Crippen LogP contribution in [0.1, 0.15) is 6.42 Å². The molecule has 0 aliphatic rings. The van der Waals surface area contributed by atoms with Crippen molar-refractivity contribution in [2.45, 2.75) is 11.3 Å². The van der Waals surface area contributed by atoms with E-state index in [1.54, 1.807) is 11.8 Å². The Morgan fingerprint density at radius 2 is 2.04 bits per heavy atom. The molecule has 0 aliphatic heterocycles. The van der Waals surface area contributed by atoms with Crippen molar-refractivity contribution in [2.75, 3.05) is 36.7 Å². The maximum absolute atomic E-state index is 11.4. The molecule has 0 spiro atoms. The summed E-state index contributed by atoms with van der Waals surface area (Å²) in [4.78, 5) is 21.7. The van der Waals surface area contributed by atoms with E-state index in [1.807, 2.05) is 6.26 Å². The number of rotatable bonds is 9. The lowest BCUT2D eigenvalue weighted by molar-refractivity contribution is -0.384. The van der Waals surface area contributed by atoms with E-state index in [9.17, 15) is 23.3 Å². The third kappa shape index (κ3) is 6.45. The number of amides is 1. The number of nitro groups is 1. The molecule has 1 rings (SSSR count). The lowest BCUT2D eigenvalue weighted by atomic mass is 10.2. The van der Waals surface area contributed by atoms with Gasteiger partial charge in [-0.15, -0.1) is 0 Å². The van der Waals surface area contributed by atoms with Crippen molar-refractivity contribution in [1.29, 1.82) is 0 Å². The molecule has 1 aromatic rings. The molecule has 0 saturated carbocycles. The zero-order chi connectivity index (χ0) is 17.5. The van der Waals surface area contributed by atoms with E-state index >= 15 is 0 Å². The standard InChI is InChI=1S/C13H19N3O5S2/c1-22-8-5-13(17)15-7-6-14-11-4-3-10(23(2,20)21)9-12(11)16(18)19/h3-4,9,14H,5-8H2,1-2H3,(H,15,17). The van der Waals surface area contributed by atoms with Gasteiger partial charge in [0.2, 0.25) is 5.91 Å². The van der Waals surface area contributed by atoms with Crippen LogP contribution < -0.4 is 10.6 Å². The minimum atomic E-state index is -3.51. The number of carbonyl (C=O) groups excluding carboxylic acids is 1. The van der Waals surface area contributed by atoms with Crippen LogP contribution in [-0.4, -0.2) is 50.6 Å². The van der Waals surface area contributed by atoms with Crippen LogP contribution in [-0.2, 0) is 14.6 Å². The number of carbonyl (C=O) groups is 1. The lowest BCUT2D eigenvalue weighted by Crippen LogP contribution is -2.29. The van der Waals surface area contributed by atoms with Gasteiger partial charge in [0, 0.05) is 37.6 Å². The molecule has 0 saturated heterocycles. The fourth-order valence-corrected chi connectivity index (χ4v) is 2.76. The van der Waals surface area contributed by atoms with E-state index < -0.39 is 14.8 Å². The molecule has 0 aromatic heterocycles. The van der Waals surface area contributed by atoms with Crippen LogP contribution in [0.2, 0.25) is 0 Å². The zero-order valence-electron chi connectivity index (χ0n) is 12.9. The number of sulfone groups is 1. The maximum atomic E-state index is 11.4. The average Bonchev–Trinajstić information content (AvgIpc) is 2.48. The summed E-state index contributed by atoms with van der Waals surface area (Å²) >= 11 is 1.57. The third-order valence-electron chi connectivity index (χ3n) is 2.89. The zero-order valence-corrected chi connectivity index (χ0v) is 14.5. The minimum absolute atomic E-state index is 0.0805. The van der Waals surface area contributed by atoms with Crippen LogP contribution in [0.3, 0.4) is 0 Å². The van der Waals surface area contributed by atoms with Crippen LogP contribution in [0.4, 0.5) is 11.4 Å². The molecule has 0 fully saturated rings. The highest BCUT2D eigenvalue weighted by atomic mass is 32.2. The summed E-state index contributed by atoms with van der Waals surface area (Å²) in [7, 11) is -3.51. The fraction of sp³-hybridized carbons (Fsp3) is 0.462. The van der Waals surface area contributed by atoms with Crippen molar-refractivity contribution in [3.8, 4) is 0 Å². The summed E-state index contributed by atoms with van der Waals surface area (Å²) in [6.45, 7) is 0.613. The average molecular weight is 361 g/mol. The van der Waals surface area contributed by atoms with E-state index in [1.165, 1.54) is 12.1 Å². The van der Waals surface area contributed by atoms with Gasteiger partial charge in [-0.3, -0.25) is 14.9 Å². The monoisotopic (exact) mass is 361 g/mol. The molecule has 0 unspecified atom stereocenters. The highest BCUT2D eigenvalue weighted by Gasteiger charge is 2.18. The van der Waals surface area contributed by atoms with Crippen LogP contribution in [0, 0.1) is 10.1 Å². The molecule has 8 nitrogen and oxygen atoms in total. The minimum Gasteiger partial charge on any atom is -0.378 e. The van der Waals surface area contributed by atoms with Crippen molar-refractivity contribution in [1.82, 2.24) is 5.32 Å². The van der Waals surface area contributed by atoms with Gasteiger partial charge >= 0.3 is 0 Å². The molecule has 1 amide bonds. The number of benzene rings is 1. The molecule has 0 bridgehead atoms. The summed E-state index contributed by atoms with van der Waals surface area (Å²) in [6.07, 6.45) is 3.32. The highest BCUT2D eigenvalue weighted by Crippen LogP contribution is 2.27. The smallest absolute Gasteiger partial charge is 0.293 e. The van der Waals surface area contributed by atoms with Crippen LogP contribution in [0.15, 0.2) is 23.1 Å². The Labute approximate surface area is 139 Å². The maximum Gasteiger partial charge on any atom is 0.293 e. The number of nitrogens with one attached hydrogen (secondary N) is 2. The number of anilines is 1. The molecule has 0 aliphatic carbocycles. The van der Waals surface area contributed by atoms with Crippen LogP contribution >= 0.6 is 11.8 Å². The van der Waals surface area contributed by atoms with E-state index in [0.717, 1.165) is 18.1 Å². The van der Waals surface area contributed by atoms with Gasteiger partial charge < -0.3 is 10.6 Å². The topological polar surface area (TPSA) is 118 Å². The fourth-order valence-electron chi connectivity index (χ4n) is 1.72. The Hall–Kier alpha value is -1.81. The number of hydrogen-bond donors (Lipinski definition) is 2. The van der Waals surface area contributed by atoms with Crippen molar-refractivity contribution in [2.24, 2.45) is 0 Å². The summed E-state index contributed by atoms with van der Waals surface area (Å²) in [5.41, 5.74) is -0.109. The van der Waals surface area contributed by atoms with Crippen molar-refractivity contribution < 1.29 is 18.1 Å². The summed E-state index contributed by atoms with van der Waals surface area (Å²) in [5.74, 6) is 0.653. The first-order chi connectivity index (χ1) is 10.8. The molecular weight excluding hydrogens is 342 g/mol. The molecule has 0 radical (unpaired) electrons. The van der Waals surface area contributed by atoms with Crippen LogP contribution in [0.5, 0.6) is 0 Å². The Bertz CT molecular complexity index is 676. The number of nitrogens with zero attached hydrogens (tertiary/aromatic N) is 1. The van der Waals surface area contributed by atoms with Gasteiger partial charge in [-0.25, -0.2) is 8.42 Å². The first-order valence-corrected chi connectivity index (χ1v) is 10.0. The van der Waals surface area contributed by atoms with E-state index in [4.69, 9.17) is 0 Å². The van der Waals surface area contributed by atoms with Crippen molar-refractivity contribution in [3.63, 3.8) is 0 Å². The third-order valence-corrected chi connectivity index (χ3v) is 4.61. The van der Waals surface area contributed by atoms with Gasteiger partial charge in [-0.05, 0) is 18.4 Å². The Morgan fingerprint density at radius 1 is 1.35 bits per heavy atom. The van der Waals surface area contributed by atoms with Gasteiger partial charge in [0.15, 0.2) is 9.84 Å². The number of nitro benzene ring substituents is 1. The predicted molar refractivity (Wildman–Crippen MR) is 90.7 cm³/mol. The van der Waals surface area contributed by atoms with E-state index in [2.05, 4.69) is 10.6 Å². The summed E-state index contributed by atoms with van der Waals surface area (Å²) in [5, 5.41) is 16.6. The Balaban J connectivity index is 2.67. The molecule has 0 heterocycles. The van der Waals surface area contributed by atoms with Gasteiger partial charge in [0.25, 0.3) is 5.69 Å².